The zero-order valence-electron chi connectivity index (χ0n) is 21.5. The number of nitrogens with zero attached hydrogens (tertiary/aromatic N) is 1. The summed E-state index contributed by atoms with van der Waals surface area (Å²) in [5.41, 5.74) is 2.11. The van der Waals surface area contributed by atoms with Gasteiger partial charge in [0, 0.05) is 12.1 Å². The zero-order valence-corrected chi connectivity index (χ0v) is 21.5. The van der Waals surface area contributed by atoms with E-state index in [0.717, 1.165) is 16.9 Å². The maximum Gasteiger partial charge on any atom is 0.291 e. The van der Waals surface area contributed by atoms with E-state index < -0.39 is 10.8 Å². The number of carbonyl (C=O) groups is 1. The quantitative estimate of drug-likeness (QED) is 0.174. The number of aryl methyl sites for hydroxylation is 1. The van der Waals surface area contributed by atoms with Crippen LogP contribution in [0.4, 0.5) is 11.4 Å². The van der Waals surface area contributed by atoms with E-state index in [-0.39, 0.29) is 35.4 Å². The Morgan fingerprint density at radius 2 is 1.71 bits per heavy atom. The van der Waals surface area contributed by atoms with Crippen LogP contribution >= 0.6 is 0 Å². The molecule has 196 valence electrons. The molecule has 1 amide bonds. The first-order valence-corrected chi connectivity index (χ1v) is 12.0. The minimum Gasteiger partial charge on any atom is -0.497 e. The van der Waals surface area contributed by atoms with Crippen LogP contribution in [-0.2, 0) is 6.61 Å². The highest BCUT2D eigenvalue weighted by Crippen LogP contribution is 2.31. The average Bonchev–Trinajstić information content (AvgIpc) is 3.37. The number of hydrogen-bond donors (Lipinski definition) is 1. The van der Waals surface area contributed by atoms with Crippen LogP contribution in [0.1, 0.15) is 47.2 Å². The zero-order chi connectivity index (χ0) is 27.2. The van der Waals surface area contributed by atoms with Gasteiger partial charge in [0.05, 0.1) is 23.8 Å². The monoisotopic (exact) mass is 516 g/mol. The smallest absolute Gasteiger partial charge is 0.291 e. The van der Waals surface area contributed by atoms with E-state index in [1.165, 1.54) is 24.3 Å². The van der Waals surface area contributed by atoms with E-state index >= 15 is 0 Å². The third kappa shape index (κ3) is 6.50. The molecule has 0 fully saturated rings. The number of furan rings is 1. The molecule has 0 radical (unpaired) electrons. The Morgan fingerprint density at radius 3 is 2.39 bits per heavy atom. The van der Waals surface area contributed by atoms with Crippen molar-refractivity contribution in [3.05, 3.63) is 106 Å². The Bertz CT molecular complexity index is 1440. The Labute approximate surface area is 220 Å². The fraction of sp³-hybridized carbons (Fsp3) is 0.207. The van der Waals surface area contributed by atoms with Crippen LogP contribution in [0.15, 0.2) is 77.2 Å². The highest BCUT2D eigenvalue weighted by molar-refractivity contribution is 6.02. The van der Waals surface area contributed by atoms with Crippen molar-refractivity contribution in [2.24, 2.45) is 0 Å². The SMILES string of the molecule is COc1ccc(Oc2cc(NC(=O)c3ccc(COc4cc(C)ccc4C(C)C)o3)cc([N+](=O)[O-])c2)cc1. The molecular formula is C29H28N2O7. The predicted octanol–water partition coefficient (Wildman–Crippen LogP) is 7.25. The van der Waals surface area contributed by atoms with Crippen LogP contribution in [0.2, 0.25) is 0 Å². The lowest BCUT2D eigenvalue weighted by Crippen LogP contribution is -2.11. The summed E-state index contributed by atoms with van der Waals surface area (Å²) < 4.78 is 22.5. The number of hydrogen-bond acceptors (Lipinski definition) is 7. The molecule has 0 aliphatic heterocycles. The van der Waals surface area contributed by atoms with Crippen molar-refractivity contribution in [2.75, 3.05) is 12.4 Å². The summed E-state index contributed by atoms with van der Waals surface area (Å²) in [6.07, 6.45) is 0. The molecular weight excluding hydrogens is 488 g/mol. The first kappa shape index (κ1) is 26.3. The molecule has 0 atom stereocenters. The molecule has 9 nitrogen and oxygen atoms in total. The van der Waals surface area contributed by atoms with E-state index in [1.54, 1.807) is 37.4 Å². The molecule has 1 heterocycles. The highest BCUT2D eigenvalue weighted by Gasteiger charge is 2.17. The first-order valence-electron chi connectivity index (χ1n) is 12.0. The Balaban J connectivity index is 1.46. The molecule has 9 heteroatoms. The topological polar surface area (TPSA) is 113 Å². The maximum absolute atomic E-state index is 12.8. The van der Waals surface area contributed by atoms with Gasteiger partial charge >= 0.3 is 0 Å². The molecule has 0 aliphatic rings. The number of non-ortho nitro benzene ring substituents is 1. The van der Waals surface area contributed by atoms with Crippen molar-refractivity contribution in [1.82, 2.24) is 0 Å². The maximum atomic E-state index is 12.8. The van der Waals surface area contributed by atoms with Crippen molar-refractivity contribution in [1.29, 1.82) is 0 Å². The number of ether oxygens (including phenoxy) is 3. The van der Waals surface area contributed by atoms with Crippen LogP contribution in [-0.4, -0.2) is 17.9 Å². The van der Waals surface area contributed by atoms with E-state index in [0.29, 0.717) is 17.3 Å². The largest absolute Gasteiger partial charge is 0.497 e. The number of rotatable bonds is 10. The average molecular weight is 517 g/mol. The fourth-order valence-electron chi connectivity index (χ4n) is 3.76. The van der Waals surface area contributed by atoms with Crippen molar-refractivity contribution >= 4 is 17.3 Å². The van der Waals surface area contributed by atoms with Gasteiger partial charge in [-0.3, -0.25) is 14.9 Å². The Hall–Kier alpha value is -4.79. The predicted molar refractivity (Wildman–Crippen MR) is 142 cm³/mol. The number of carbonyl (C=O) groups excluding carboxylic acids is 1. The molecule has 0 unspecified atom stereocenters. The molecule has 1 aromatic heterocycles. The Kier molecular flexibility index (Phi) is 7.96. The number of methoxy groups -OCH3 is 1. The fourth-order valence-corrected chi connectivity index (χ4v) is 3.76. The van der Waals surface area contributed by atoms with E-state index in [2.05, 4.69) is 19.2 Å². The highest BCUT2D eigenvalue weighted by atomic mass is 16.6. The third-order valence-electron chi connectivity index (χ3n) is 5.70. The molecule has 1 N–H and O–H groups in total. The van der Waals surface area contributed by atoms with E-state index in [4.69, 9.17) is 18.6 Å². The number of amides is 1. The van der Waals surface area contributed by atoms with Crippen LogP contribution < -0.4 is 19.5 Å². The number of nitro benzene ring substituents is 1. The van der Waals surface area contributed by atoms with Crippen molar-refractivity contribution in [3.8, 4) is 23.0 Å². The van der Waals surface area contributed by atoms with Gasteiger partial charge in [-0.2, -0.15) is 0 Å². The minimum absolute atomic E-state index is 0.0426. The van der Waals surface area contributed by atoms with Gasteiger partial charge in [0.25, 0.3) is 11.6 Å². The molecule has 0 aliphatic carbocycles. The number of nitro groups is 1. The van der Waals surface area contributed by atoms with Gasteiger partial charge in [-0.15, -0.1) is 0 Å². The third-order valence-corrected chi connectivity index (χ3v) is 5.70. The first-order chi connectivity index (χ1) is 18.2. The van der Waals surface area contributed by atoms with Gasteiger partial charge in [0.2, 0.25) is 0 Å². The van der Waals surface area contributed by atoms with Gasteiger partial charge in [-0.1, -0.05) is 26.0 Å². The van der Waals surface area contributed by atoms with E-state index in [9.17, 15) is 14.9 Å². The lowest BCUT2D eigenvalue weighted by Gasteiger charge is -2.14. The summed E-state index contributed by atoms with van der Waals surface area (Å²) in [6.45, 7) is 6.32. The molecule has 0 saturated carbocycles. The number of benzene rings is 3. The summed E-state index contributed by atoms with van der Waals surface area (Å²) >= 11 is 0. The van der Waals surface area contributed by atoms with Crippen LogP contribution in [0, 0.1) is 17.0 Å². The van der Waals surface area contributed by atoms with Crippen molar-refractivity contribution in [3.63, 3.8) is 0 Å². The standard InChI is InChI=1S/C29H28N2O7/c1-18(2)26-11-5-19(3)13-28(26)36-17-24-10-12-27(38-24)29(32)30-20-14-21(31(33)34)16-25(15-20)37-23-8-6-22(35-4)7-9-23/h5-16,18H,17H2,1-4H3,(H,30,32). The van der Waals surface area contributed by atoms with Crippen molar-refractivity contribution in [2.45, 2.75) is 33.3 Å². The Morgan fingerprint density at radius 1 is 0.974 bits per heavy atom. The van der Waals surface area contributed by atoms with Crippen molar-refractivity contribution < 1.29 is 28.3 Å². The van der Waals surface area contributed by atoms with Gasteiger partial charge in [0.15, 0.2) is 5.76 Å². The number of nitrogens with one attached hydrogen (secondary N) is 1. The summed E-state index contributed by atoms with van der Waals surface area (Å²) in [6, 6.07) is 20.0. The van der Waals surface area contributed by atoms with Crippen LogP contribution in [0.3, 0.4) is 0 Å². The van der Waals surface area contributed by atoms with Crippen LogP contribution in [0.5, 0.6) is 23.0 Å². The summed E-state index contributed by atoms with van der Waals surface area (Å²) in [5.74, 6) is 2.29. The normalized spacial score (nSPS) is 10.8. The lowest BCUT2D eigenvalue weighted by molar-refractivity contribution is -0.384. The second-order valence-corrected chi connectivity index (χ2v) is 8.96. The molecule has 3 aromatic carbocycles. The molecule has 0 spiro atoms. The van der Waals surface area contributed by atoms with Crippen LogP contribution in [0.25, 0.3) is 0 Å². The molecule has 38 heavy (non-hydrogen) atoms. The molecule has 0 bridgehead atoms. The second kappa shape index (κ2) is 11.5. The number of anilines is 1. The summed E-state index contributed by atoms with van der Waals surface area (Å²) in [5, 5.41) is 14.1. The molecule has 4 aromatic rings. The summed E-state index contributed by atoms with van der Waals surface area (Å²) in [7, 11) is 1.55. The molecule has 0 saturated heterocycles. The van der Waals surface area contributed by atoms with Gasteiger partial charge in [-0.25, -0.2) is 0 Å². The molecule has 4 rings (SSSR count). The van der Waals surface area contributed by atoms with Gasteiger partial charge < -0.3 is 23.9 Å². The van der Waals surface area contributed by atoms with E-state index in [1.807, 2.05) is 25.1 Å². The second-order valence-electron chi connectivity index (χ2n) is 8.96. The van der Waals surface area contributed by atoms with Gasteiger partial charge in [-0.05, 0) is 66.4 Å². The summed E-state index contributed by atoms with van der Waals surface area (Å²) in [4.78, 5) is 23.7. The van der Waals surface area contributed by atoms with Gasteiger partial charge in [0.1, 0.15) is 35.4 Å². The lowest BCUT2D eigenvalue weighted by atomic mass is 10.0. The minimum atomic E-state index is -0.564.